The van der Waals surface area contributed by atoms with E-state index in [4.69, 9.17) is 4.74 Å². The lowest BCUT2D eigenvalue weighted by Gasteiger charge is -2.24. The number of halogens is 1. The maximum absolute atomic E-state index is 5.76. The van der Waals surface area contributed by atoms with Gasteiger partial charge in [0.15, 0.2) is 5.96 Å². The SMILES string of the molecule is CN=C(NCCc1ncc(C)s1)NCC1(C)CCCO1.I. The zero-order valence-corrected chi connectivity index (χ0v) is 16.1. The highest BCUT2D eigenvalue weighted by Gasteiger charge is 2.29. The molecule has 1 aromatic heterocycles. The first-order valence-electron chi connectivity index (χ1n) is 7.11. The molecule has 1 aliphatic rings. The van der Waals surface area contributed by atoms with Gasteiger partial charge in [-0.2, -0.15) is 0 Å². The highest BCUT2D eigenvalue weighted by atomic mass is 127. The first-order chi connectivity index (χ1) is 9.61. The number of hydrogen-bond donors (Lipinski definition) is 2. The van der Waals surface area contributed by atoms with E-state index in [0.29, 0.717) is 0 Å². The van der Waals surface area contributed by atoms with Crippen molar-refractivity contribution in [3.63, 3.8) is 0 Å². The van der Waals surface area contributed by atoms with Crippen LogP contribution in [0.15, 0.2) is 11.2 Å². The van der Waals surface area contributed by atoms with Crippen molar-refractivity contribution in [2.24, 2.45) is 4.99 Å². The van der Waals surface area contributed by atoms with E-state index < -0.39 is 0 Å². The zero-order chi connectivity index (χ0) is 14.4. The third-order valence-electron chi connectivity index (χ3n) is 3.45. The van der Waals surface area contributed by atoms with E-state index >= 15 is 0 Å². The summed E-state index contributed by atoms with van der Waals surface area (Å²) in [4.78, 5) is 9.85. The fourth-order valence-electron chi connectivity index (χ4n) is 2.27. The maximum Gasteiger partial charge on any atom is 0.191 e. The van der Waals surface area contributed by atoms with E-state index in [1.165, 1.54) is 4.88 Å². The van der Waals surface area contributed by atoms with Gasteiger partial charge in [0.1, 0.15) is 0 Å². The molecule has 7 heteroatoms. The van der Waals surface area contributed by atoms with Gasteiger partial charge in [-0.15, -0.1) is 35.3 Å². The molecule has 0 bridgehead atoms. The fourth-order valence-corrected chi connectivity index (χ4v) is 3.06. The zero-order valence-electron chi connectivity index (χ0n) is 12.9. The van der Waals surface area contributed by atoms with Crippen LogP contribution in [-0.4, -0.2) is 43.3 Å². The van der Waals surface area contributed by atoms with Crippen LogP contribution in [-0.2, 0) is 11.2 Å². The minimum Gasteiger partial charge on any atom is -0.373 e. The molecule has 0 spiro atoms. The van der Waals surface area contributed by atoms with Gasteiger partial charge in [-0.3, -0.25) is 4.99 Å². The Balaban J connectivity index is 0.00000220. The summed E-state index contributed by atoms with van der Waals surface area (Å²) in [6.45, 7) is 6.73. The maximum atomic E-state index is 5.76. The average molecular weight is 424 g/mol. The van der Waals surface area contributed by atoms with Gasteiger partial charge in [0.25, 0.3) is 0 Å². The lowest BCUT2D eigenvalue weighted by molar-refractivity contribution is 0.0243. The lowest BCUT2D eigenvalue weighted by atomic mass is 10.0. The smallest absolute Gasteiger partial charge is 0.191 e. The molecule has 1 atom stereocenters. The van der Waals surface area contributed by atoms with Gasteiger partial charge in [0, 0.05) is 44.2 Å². The van der Waals surface area contributed by atoms with Gasteiger partial charge in [-0.05, 0) is 26.7 Å². The van der Waals surface area contributed by atoms with Crippen molar-refractivity contribution in [3.05, 3.63) is 16.1 Å². The molecule has 0 radical (unpaired) electrons. The molecule has 2 N–H and O–H groups in total. The molecule has 1 fully saturated rings. The van der Waals surface area contributed by atoms with Crippen molar-refractivity contribution < 1.29 is 4.74 Å². The first-order valence-corrected chi connectivity index (χ1v) is 7.93. The predicted octanol–water partition coefficient (Wildman–Crippen LogP) is 2.35. The minimum atomic E-state index is -0.0515. The second-order valence-electron chi connectivity index (χ2n) is 5.37. The summed E-state index contributed by atoms with van der Waals surface area (Å²) in [5, 5.41) is 7.82. The Labute approximate surface area is 148 Å². The molecule has 0 amide bonds. The Morgan fingerprint density at radius 2 is 2.33 bits per heavy atom. The van der Waals surface area contributed by atoms with Crippen molar-refractivity contribution in [3.8, 4) is 0 Å². The van der Waals surface area contributed by atoms with Gasteiger partial charge < -0.3 is 15.4 Å². The van der Waals surface area contributed by atoms with E-state index in [9.17, 15) is 0 Å². The van der Waals surface area contributed by atoms with Crippen LogP contribution >= 0.6 is 35.3 Å². The summed E-state index contributed by atoms with van der Waals surface area (Å²) in [7, 11) is 1.79. The second kappa shape index (κ2) is 8.89. The van der Waals surface area contributed by atoms with E-state index in [0.717, 1.165) is 49.9 Å². The van der Waals surface area contributed by atoms with Crippen LogP contribution in [0.4, 0.5) is 0 Å². The Morgan fingerprint density at radius 1 is 1.52 bits per heavy atom. The molecule has 1 aromatic rings. The molecule has 2 rings (SSSR count). The summed E-state index contributed by atoms with van der Waals surface area (Å²) >= 11 is 1.75. The number of guanidine groups is 1. The summed E-state index contributed by atoms with van der Waals surface area (Å²) in [6, 6.07) is 0. The van der Waals surface area contributed by atoms with Gasteiger partial charge in [0.2, 0.25) is 0 Å². The van der Waals surface area contributed by atoms with Crippen molar-refractivity contribution in [1.82, 2.24) is 15.6 Å². The molecule has 1 saturated heterocycles. The summed E-state index contributed by atoms with van der Waals surface area (Å²) < 4.78 is 5.76. The minimum absolute atomic E-state index is 0. The standard InChI is InChI=1S/C14H24N4OS.HI/c1-11-9-17-12(20-11)5-7-16-13(15-3)18-10-14(2)6-4-8-19-14;/h9H,4-8,10H2,1-3H3,(H2,15,16,18);1H. The molecular formula is C14H25IN4OS. The largest absolute Gasteiger partial charge is 0.373 e. The number of nitrogens with zero attached hydrogens (tertiary/aromatic N) is 2. The first kappa shape index (κ1) is 18.6. The van der Waals surface area contributed by atoms with Crippen molar-refractivity contribution in [2.75, 3.05) is 26.7 Å². The normalized spacial score (nSPS) is 22.0. The van der Waals surface area contributed by atoms with Gasteiger partial charge in [-0.25, -0.2) is 4.98 Å². The molecule has 0 saturated carbocycles. The number of nitrogens with one attached hydrogen (secondary N) is 2. The molecule has 1 aliphatic heterocycles. The van der Waals surface area contributed by atoms with E-state index in [1.54, 1.807) is 18.4 Å². The van der Waals surface area contributed by atoms with Gasteiger partial charge in [0.05, 0.1) is 10.6 Å². The lowest BCUT2D eigenvalue weighted by Crippen LogP contribution is -2.45. The Bertz CT molecular complexity index is 458. The number of rotatable bonds is 5. The Kier molecular flexibility index (Phi) is 7.89. The molecule has 2 heterocycles. The number of hydrogen-bond acceptors (Lipinski definition) is 4. The molecule has 0 aliphatic carbocycles. The van der Waals surface area contributed by atoms with Crippen molar-refractivity contribution in [1.29, 1.82) is 0 Å². The summed E-state index contributed by atoms with van der Waals surface area (Å²) in [6.07, 6.45) is 5.10. The third kappa shape index (κ3) is 6.07. The van der Waals surface area contributed by atoms with Crippen molar-refractivity contribution in [2.45, 2.75) is 38.7 Å². The highest BCUT2D eigenvalue weighted by Crippen LogP contribution is 2.23. The highest BCUT2D eigenvalue weighted by molar-refractivity contribution is 14.0. The Hall–Kier alpha value is -0.410. The van der Waals surface area contributed by atoms with Gasteiger partial charge in [-0.1, -0.05) is 0 Å². The molecule has 21 heavy (non-hydrogen) atoms. The number of aryl methyl sites for hydroxylation is 1. The third-order valence-corrected chi connectivity index (χ3v) is 4.43. The van der Waals surface area contributed by atoms with E-state index in [2.05, 4.69) is 34.5 Å². The number of aliphatic imine (C=N–C) groups is 1. The van der Waals surface area contributed by atoms with E-state index in [1.807, 2.05) is 6.20 Å². The molecule has 0 aromatic carbocycles. The number of thiazole rings is 1. The summed E-state index contributed by atoms with van der Waals surface area (Å²) in [5.74, 6) is 0.829. The average Bonchev–Trinajstić information content (AvgIpc) is 3.03. The molecule has 120 valence electrons. The predicted molar refractivity (Wildman–Crippen MR) is 98.9 cm³/mol. The molecule has 5 nitrogen and oxygen atoms in total. The quantitative estimate of drug-likeness (QED) is 0.433. The van der Waals surface area contributed by atoms with E-state index in [-0.39, 0.29) is 29.6 Å². The summed E-state index contributed by atoms with van der Waals surface area (Å²) in [5.41, 5.74) is -0.0515. The van der Waals surface area contributed by atoms with Crippen LogP contribution in [0, 0.1) is 6.92 Å². The molecular weight excluding hydrogens is 399 g/mol. The van der Waals surface area contributed by atoms with Crippen LogP contribution < -0.4 is 10.6 Å². The van der Waals surface area contributed by atoms with Crippen molar-refractivity contribution >= 4 is 41.3 Å². The van der Waals surface area contributed by atoms with Crippen LogP contribution in [0.1, 0.15) is 29.7 Å². The Morgan fingerprint density at radius 3 is 2.90 bits per heavy atom. The van der Waals surface area contributed by atoms with Crippen LogP contribution in [0.25, 0.3) is 0 Å². The van der Waals surface area contributed by atoms with Crippen LogP contribution in [0.2, 0.25) is 0 Å². The van der Waals surface area contributed by atoms with Crippen LogP contribution in [0.3, 0.4) is 0 Å². The number of aromatic nitrogens is 1. The molecule has 1 unspecified atom stereocenters. The fraction of sp³-hybridized carbons (Fsp3) is 0.714. The number of ether oxygens (including phenoxy) is 1. The van der Waals surface area contributed by atoms with Gasteiger partial charge >= 0.3 is 0 Å². The monoisotopic (exact) mass is 424 g/mol. The topological polar surface area (TPSA) is 58.5 Å². The second-order valence-corrected chi connectivity index (χ2v) is 6.69. The van der Waals surface area contributed by atoms with Crippen LogP contribution in [0.5, 0.6) is 0 Å².